The predicted octanol–water partition coefficient (Wildman–Crippen LogP) is 1.90. The lowest BCUT2D eigenvalue weighted by Crippen LogP contribution is -2.21. The van der Waals surface area contributed by atoms with E-state index in [-0.39, 0.29) is 5.97 Å². The number of benzene rings is 1. The molecule has 2 rings (SSSR count). The topological polar surface area (TPSA) is 47.4 Å². The number of carbonyl (C=O) groups excluding carboxylic acids is 1. The van der Waals surface area contributed by atoms with Crippen molar-refractivity contribution in [2.45, 2.75) is 6.54 Å². The van der Waals surface area contributed by atoms with E-state index in [1.807, 2.05) is 49.3 Å². The Morgan fingerprint density at radius 3 is 2.60 bits per heavy atom. The number of methoxy groups -OCH3 is 1. The monoisotopic (exact) mass is 273 g/mol. The lowest BCUT2D eigenvalue weighted by molar-refractivity contribution is 0.0586. The highest BCUT2D eigenvalue weighted by Gasteiger charge is 2.16. The van der Waals surface area contributed by atoms with Crippen LogP contribution < -0.4 is 0 Å². The minimum atomic E-state index is -0.363. The van der Waals surface area contributed by atoms with Gasteiger partial charge in [0.1, 0.15) is 5.69 Å². The van der Waals surface area contributed by atoms with Gasteiger partial charge in [-0.25, -0.2) is 4.79 Å². The van der Waals surface area contributed by atoms with Crippen molar-refractivity contribution in [3.8, 4) is 11.3 Å². The van der Waals surface area contributed by atoms with Crippen LogP contribution in [0.3, 0.4) is 0 Å². The highest BCUT2D eigenvalue weighted by molar-refractivity contribution is 5.88. The Morgan fingerprint density at radius 2 is 2.00 bits per heavy atom. The zero-order valence-corrected chi connectivity index (χ0v) is 12.0. The molecule has 0 aliphatic carbocycles. The van der Waals surface area contributed by atoms with Gasteiger partial charge in [0.25, 0.3) is 0 Å². The fourth-order valence-electron chi connectivity index (χ4n) is 1.90. The van der Waals surface area contributed by atoms with Crippen molar-refractivity contribution >= 4 is 5.97 Å². The summed E-state index contributed by atoms with van der Waals surface area (Å²) < 4.78 is 6.52. The van der Waals surface area contributed by atoms with E-state index in [1.165, 1.54) is 7.11 Å². The summed E-state index contributed by atoms with van der Waals surface area (Å²) >= 11 is 0. The van der Waals surface area contributed by atoms with Crippen molar-refractivity contribution in [2.75, 3.05) is 27.7 Å². The average Bonchev–Trinajstić information content (AvgIpc) is 2.89. The van der Waals surface area contributed by atoms with Crippen molar-refractivity contribution < 1.29 is 9.53 Å². The lowest BCUT2D eigenvalue weighted by Gasteiger charge is -2.10. The second-order valence-electron chi connectivity index (χ2n) is 4.80. The van der Waals surface area contributed by atoms with E-state index >= 15 is 0 Å². The van der Waals surface area contributed by atoms with E-state index in [9.17, 15) is 4.79 Å². The Labute approximate surface area is 118 Å². The number of carbonyl (C=O) groups is 1. The molecule has 0 spiro atoms. The fourth-order valence-corrected chi connectivity index (χ4v) is 1.90. The summed E-state index contributed by atoms with van der Waals surface area (Å²) in [5.41, 5.74) is 2.25. The molecule has 0 bridgehead atoms. The molecule has 5 nitrogen and oxygen atoms in total. The molecule has 0 N–H and O–H groups in total. The van der Waals surface area contributed by atoms with Crippen LogP contribution in [-0.4, -0.2) is 48.4 Å². The minimum absolute atomic E-state index is 0.363. The molecule has 1 aromatic heterocycles. The van der Waals surface area contributed by atoms with Crippen LogP contribution in [0.2, 0.25) is 0 Å². The van der Waals surface area contributed by atoms with Gasteiger partial charge in [-0.05, 0) is 20.2 Å². The van der Waals surface area contributed by atoms with E-state index < -0.39 is 0 Å². The van der Waals surface area contributed by atoms with Gasteiger partial charge in [0.05, 0.1) is 19.3 Å². The molecule has 0 radical (unpaired) electrons. The Balaban J connectivity index is 2.34. The quantitative estimate of drug-likeness (QED) is 0.781. The Bertz CT molecular complexity index is 576. The Hall–Kier alpha value is -2.14. The first-order valence-corrected chi connectivity index (χ1v) is 6.48. The van der Waals surface area contributed by atoms with Crippen LogP contribution in [0.25, 0.3) is 11.3 Å². The van der Waals surface area contributed by atoms with Gasteiger partial charge in [-0.1, -0.05) is 30.3 Å². The van der Waals surface area contributed by atoms with E-state index in [1.54, 1.807) is 10.7 Å². The average molecular weight is 273 g/mol. The van der Waals surface area contributed by atoms with Gasteiger partial charge in [-0.15, -0.1) is 0 Å². The zero-order chi connectivity index (χ0) is 14.5. The van der Waals surface area contributed by atoms with Gasteiger partial charge in [-0.3, -0.25) is 4.68 Å². The van der Waals surface area contributed by atoms with Crippen LogP contribution >= 0.6 is 0 Å². The second kappa shape index (κ2) is 6.34. The summed E-state index contributed by atoms with van der Waals surface area (Å²) in [5, 5.41) is 4.51. The molecule has 1 aromatic carbocycles. The number of hydrogen-bond acceptors (Lipinski definition) is 4. The zero-order valence-electron chi connectivity index (χ0n) is 12.0. The SMILES string of the molecule is COC(=O)c1cc(-c2ccccc2)nn1CCN(C)C. The third-order valence-electron chi connectivity index (χ3n) is 3.00. The van der Waals surface area contributed by atoms with E-state index in [4.69, 9.17) is 4.74 Å². The molecule has 0 saturated carbocycles. The van der Waals surface area contributed by atoms with Gasteiger partial charge >= 0.3 is 5.97 Å². The van der Waals surface area contributed by atoms with Crippen molar-refractivity contribution in [1.82, 2.24) is 14.7 Å². The lowest BCUT2D eigenvalue weighted by atomic mass is 10.1. The molecule has 0 aliphatic heterocycles. The van der Waals surface area contributed by atoms with Gasteiger partial charge in [0.2, 0.25) is 0 Å². The van der Waals surface area contributed by atoms with Gasteiger partial charge < -0.3 is 9.64 Å². The van der Waals surface area contributed by atoms with E-state index in [0.717, 1.165) is 17.8 Å². The normalized spacial score (nSPS) is 10.8. The largest absolute Gasteiger partial charge is 0.464 e. The van der Waals surface area contributed by atoms with Crippen LogP contribution in [0.1, 0.15) is 10.5 Å². The molecule has 5 heteroatoms. The molecule has 20 heavy (non-hydrogen) atoms. The number of rotatable bonds is 5. The number of ether oxygens (including phenoxy) is 1. The number of aromatic nitrogens is 2. The number of hydrogen-bond donors (Lipinski definition) is 0. The van der Waals surface area contributed by atoms with Crippen LogP contribution in [0.4, 0.5) is 0 Å². The van der Waals surface area contributed by atoms with Gasteiger partial charge in [0.15, 0.2) is 0 Å². The third-order valence-corrected chi connectivity index (χ3v) is 3.00. The maximum atomic E-state index is 11.8. The molecule has 0 saturated heterocycles. The van der Waals surface area contributed by atoms with Crippen LogP contribution in [0, 0.1) is 0 Å². The molecule has 106 valence electrons. The summed E-state index contributed by atoms with van der Waals surface area (Å²) in [4.78, 5) is 13.9. The molecule has 0 fully saturated rings. The third kappa shape index (κ3) is 3.24. The smallest absolute Gasteiger partial charge is 0.356 e. The van der Waals surface area contributed by atoms with Crippen molar-refractivity contribution in [2.24, 2.45) is 0 Å². The number of esters is 1. The van der Waals surface area contributed by atoms with Gasteiger partial charge in [0, 0.05) is 12.1 Å². The summed E-state index contributed by atoms with van der Waals surface area (Å²) in [6.45, 7) is 1.45. The molecular formula is C15H19N3O2. The summed E-state index contributed by atoms with van der Waals surface area (Å²) in [6.07, 6.45) is 0. The highest BCUT2D eigenvalue weighted by Crippen LogP contribution is 2.19. The first kappa shape index (κ1) is 14.3. The highest BCUT2D eigenvalue weighted by atomic mass is 16.5. The molecule has 1 heterocycles. The van der Waals surface area contributed by atoms with Crippen molar-refractivity contribution in [3.63, 3.8) is 0 Å². The van der Waals surface area contributed by atoms with Crippen LogP contribution in [0.5, 0.6) is 0 Å². The summed E-state index contributed by atoms with van der Waals surface area (Å²) in [6, 6.07) is 11.6. The van der Waals surface area contributed by atoms with Crippen LogP contribution in [-0.2, 0) is 11.3 Å². The maximum Gasteiger partial charge on any atom is 0.356 e. The standard InChI is InChI=1S/C15H19N3O2/c1-17(2)9-10-18-14(15(19)20-3)11-13(16-18)12-7-5-4-6-8-12/h4-8,11H,9-10H2,1-3H3. The first-order valence-electron chi connectivity index (χ1n) is 6.48. The van der Waals surface area contributed by atoms with E-state index in [0.29, 0.717) is 12.2 Å². The minimum Gasteiger partial charge on any atom is -0.464 e. The predicted molar refractivity (Wildman–Crippen MR) is 77.6 cm³/mol. The molecule has 0 unspecified atom stereocenters. The van der Waals surface area contributed by atoms with Gasteiger partial charge in [-0.2, -0.15) is 5.10 Å². The number of likely N-dealkylation sites (N-methyl/N-ethyl adjacent to an activating group) is 1. The Morgan fingerprint density at radius 1 is 1.30 bits per heavy atom. The summed E-state index contributed by atoms with van der Waals surface area (Å²) in [7, 11) is 5.35. The molecule has 0 atom stereocenters. The fraction of sp³-hybridized carbons (Fsp3) is 0.333. The Kier molecular flexibility index (Phi) is 4.53. The molecular weight excluding hydrogens is 254 g/mol. The van der Waals surface area contributed by atoms with E-state index in [2.05, 4.69) is 5.10 Å². The summed E-state index contributed by atoms with van der Waals surface area (Å²) in [5.74, 6) is -0.363. The molecule has 2 aromatic rings. The maximum absolute atomic E-state index is 11.8. The van der Waals surface area contributed by atoms with Crippen molar-refractivity contribution in [1.29, 1.82) is 0 Å². The van der Waals surface area contributed by atoms with Crippen LogP contribution in [0.15, 0.2) is 36.4 Å². The number of nitrogens with zero attached hydrogens (tertiary/aromatic N) is 3. The van der Waals surface area contributed by atoms with Crippen molar-refractivity contribution in [3.05, 3.63) is 42.1 Å². The first-order chi connectivity index (χ1) is 9.61. The molecule has 0 aliphatic rings. The second-order valence-corrected chi connectivity index (χ2v) is 4.80. The molecule has 0 amide bonds.